The number of amides is 1. The summed E-state index contributed by atoms with van der Waals surface area (Å²) in [5, 5.41) is 3.72. The third-order valence-corrected chi connectivity index (χ3v) is 4.83. The maximum absolute atomic E-state index is 13.3. The highest BCUT2D eigenvalue weighted by atomic mass is 35.5. The molecule has 0 unspecified atom stereocenters. The highest BCUT2D eigenvalue weighted by molar-refractivity contribution is 6.31. The highest BCUT2D eigenvalue weighted by Gasteiger charge is 2.32. The molecule has 0 saturated carbocycles. The monoisotopic (exact) mass is 370 g/mol. The first kappa shape index (κ1) is 16.7. The molecule has 1 aliphatic rings. The van der Waals surface area contributed by atoms with E-state index in [1.807, 2.05) is 29.2 Å². The topological polar surface area (TPSA) is 58.1 Å². The minimum atomic E-state index is -0.514. The number of nitrogens with zero attached hydrogens (tertiary/aromatic N) is 3. The van der Waals surface area contributed by atoms with Gasteiger partial charge in [0, 0.05) is 17.6 Å². The van der Waals surface area contributed by atoms with E-state index in [-0.39, 0.29) is 17.0 Å². The molecule has 1 atom stereocenters. The van der Waals surface area contributed by atoms with Crippen LogP contribution in [0.5, 0.6) is 0 Å². The van der Waals surface area contributed by atoms with Crippen molar-refractivity contribution in [2.24, 2.45) is 0 Å². The summed E-state index contributed by atoms with van der Waals surface area (Å²) in [5.41, 5.74) is 1.31. The lowest BCUT2D eigenvalue weighted by Crippen LogP contribution is -2.40. The number of carbonyl (C=O) groups is 1. The molecular formula is C19H16ClFN4O. The molecule has 1 aromatic heterocycles. The van der Waals surface area contributed by atoms with E-state index < -0.39 is 5.82 Å². The van der Waals surface area contributed by atoms with Crippen LogP contribution in [-0.2, 0) is 4.79 Å². The molecular weight excluding hydrogens is 355 g/mol. The molecule has 5 nitrogen and oxygen atoms in total. The van der Waals surface area contributed by atoms with E-state index in [0.717, 1.165) is 36.1 Å². The minimum Gasteiger partial charge on any atom is -0.344 e. The Hall–Kier alpha value is -2.73. The van der Waals surface area contributed by atoms with Gasteiger partial charge in [-0.3, -0.25) is 4.79 Å². The van der Waals surface area contributed by atoms with Gasteiger partial charge in [-0.1, -0.05) is 23.7 Å². The Morgan fingerprint density at radius 3 is 2.92 bits per heavy atom. The number of para-hydroxylation sites is 1. The first-order valence-electron chi connectivity index (χ1n) is 8.36. The lowest BCUT2D eigenvalue weighted by molar-refractivity contribution is -0.117. The minimum absolute atomic E-state index is 0.0205. The van der Waals surface area contributed by atoms with Crippen LogP contribution in [0, 0.1) is 5.82 Å². The van der Waals surface area contributed by atoms with Crippen molar-refractivity contribution >= 4 is 39.9 Å². The average Bonchev–Trinajstić information content (AvgIpc) is 3.14. The normalized spacial score (nSPS) is 16.8. The molecule has 1 fully saturated rings. The molecule has 1 amide bonds. The van der Waals surface area contributed by atoms with Crippen LogP contribution in [0.1, 0.15) is 12.8 Å². The van der Waals surface area contributed by atoms with Gasteiger partial charge in [-0.05, 0) is 43.2 Å². The average molecular weight is 371 g/mol. The van der Waals surface area contributed by atoms with Gasteiger partial charge in [0.1, 0.15) is 24.0 Å². The van der Waals surface area contributed by atoms with Gasteiger partial charge in [0.2, 0.25) is 5.91 Å². The number of benzene rings is 2. The van der Waals surface area contributed by atoms with E-state index in [1.165, 1.54) is 24.5 Å². The highest BCUT2D eigenvalue weighted by Crippen LogP contribution is 2.30. The fourth-order valence-electron chi connectivity index (χ4n) is 3.31. The van der Waals surface area contributed by atoms with Gasteiger partial charge >= 0.3 is 0 Å². The van der Waals surface area contributed by atoms with Crippen molar-refractivity contribution in [3.05, 3.63) is 59.6 Å². The molecule has 0 spiro atoms. The Morgan fingerprint density at radius 1 is 1.23 bits per heavy atom. The lowest BCUT2D eigenvalue weighted by Gasteiger charge is -2.25. The van der Waals surface area contributed by atoms with Gasteiger partial charge < -0.3 is 10.2 Å². The summed E-state index contributed by atoms with van der Waals surface area (Å²) in [7, 11) is 0. The SMILES string of the molecule is O=C(Nc1ccc(F)c(Cl)c1)[C@@H]1CCCN1c1ncnc2ccccc12. The lowest BCUT2D eigenvalue weighted by atomic mass is 10.1. The van der Waals surface area contributed by atoms with Gasteiger partial charge in [-0.15, -0.1) is 0 Å². The predicted molar refractivity (Wildman–Crippen MR) is 99.9 cm³/mol. The predicted octanol–water partition coefficient (Wildman–Crippen LogP) is 4.03. The van der Waals surface area contributed by atoms with Gasteiger partial charge in [-0.25, -0.2) is 14.4 Å². The molecule has 1 aliphatic heterocycles. The summed E-state index contributed by atoms with van der Waals surface area (Å²) in [4.78, 5) is 23.5. The number of anilines is 2. The Bertz CT molecular complexity index is 975. The number of nitrogens with one attached hydrogen (secondary N) is 1. The van der Waals surface area contributed by atoms with E-state index in [4.69, 9.17) is 11.6 Å². The zero-order valence-electron chi connectivity index (χ0n) is 13.8. The Labute approximate surface area is 154 Å². The fourth-order valence-corrected chi connectivity index (χ4v) is 3.49. The molecule has 0 aliphatic carbocycles. The van der Waals surface area contributed by atoms with E-state index >= 15 is 0 Å². The summed E-state index contributed by atoms with van der Waals surface area (Å²) >= 11 is 5.79. The van der Waals surface area contributed by atoms with Gasteiger partial charge in [0.05, 0.1) is 10.5 Å². The first-order valence-corrected chi connectivity index (χ1v) is 8.73. The fraction of sp³-hybridized carbons (Fsp3) is 0.211. The molecule has 0 radical (unpaired) electrons. The summed E-state index contributed by atoms with van der Waals surface area (Å²) < 4.78 is 13.3. The summed E-state index contributed by atoms with van der Waals surface area (Å²) in [6.07, 6.45) is 3.13. The van der Waals surface area contributed by atoms with Gasteiger partial charge in [-0.2, -0.15) is 0 Å². The quantitative estimate of drug-likeness (QED) is 0.756. The van der Waals surface area contributed by atoms with Crippen LogP contribution >= 0.6 is 11.6 Å². The van der Waals surface area contributed by atoms with Crippen molar-refractivity contribution in [2.45, 2.75) is 18.9 Å². The molecule has 26 heavy (non-hydrogen) atoms. The van der Waals surface area contributed by atoms with Crippen LogP contribution in [0.4, 0.5) is 15.9 Å². The number of rotatable bonds is 3. The van der Waals surface area contributed by atoms with E-state index in [1.54, 1.807) is 0 Å². The molecule has 3 aromatic rings. The van der Waals surface area contributed by atoms with Crippen molar-refractivity contribution in [2.75, 3.05) is 16.8 Å². The third kappa shape index (κ3) is 3.08. The van der Waals surface area contributed by atoms with Crippen LogP contribution in [0.2, 0.25) is 5.02 Å². The third-order valence-electron chi connectivity index (χ3n) is 4.54. The molecule has 2 heterocycles. The molecule has 7 heteroatoms. The molecule has 4 rings (SSSR count). The van der Waals surface area contributed by atoms with Gasteiger partial charge in [0.15, 0.2) is 0 Å². The number of halogens is 2. The van der Waals surface area contributed by atoms with Crippen LogP contribution in [0.25, 0.3) is 10.9 Å². The zero-order valence-corrected chi connectivity index (χ0v) is 14.6. The van der Waals surface area contributed by atoms with Crippen molar-refractivity contribution in [3.63, 3.8) is 0 Å². The second-order valence-electron chi connectivity index (χ2n) is 6.18. The molecule has 2 aromatic carbocycles. The van der Waals surface area contributed by atoms with Crippen molar-refractivity contribution < 1.29 is 9.18 Å². The number of aromatic nitrogens is 2. The number of hydrogen-bond donors (Lipinski definition) is 1. The standard InChI is InChI=1S/C19H16ClFN4O/c20-14-10-12(7-8-15(14)21)24-19(26)17-6-3-9-25(17)18-13-4-1-2-5-16(13)22-11-23-18/h1-2,4-5,7-8,10-11,17H,3,6,9H2,(H,24,26)/t17-/m0/s1. The van der Waals surface area contributed by atoms with Gasteiger partial charge in [0.25, 0.3) is 0 Å². The molecule has 132 valence electrons. The Kier molecular flexibility index (Phi) is 4.42. The maximum atomic E-state index is 13.3. The second kappa shape index (κ2) is 6.88. The van der Waals surface area contributed by atoms with Crippen LogP contribution in [0.3, 0.4) is 0 Å². The Balaban J connectivity index is 1.61. The molecule has 1 saturated heterocycles. The zero-order chi connectivity index (χ0) is 18.1. The van der Waals surface area contributed by atoms with Crippen LogP contribution in [-0.4, -0.2) is 28.5 Å². The smallest absolute Gasteiger partial charge is 0.247 e. The molecule has 1 N–H and O–H groups in total. The summed E-state index contributed by atoms with van der Waals surface area (Å²) in [6.45, 7) is 0.739. The first-order chi connectivity index (χ1) is 12.6. The van der Waals surface area contributed by atoms with Crippen molar-refractivity contribution in [1.82, 2.24) is 9.97 Å². The summed E-state index contributed by atoms with van der Waals surface area (Å²) in [5.74, 6) is 0.0814. The van der Waals surface area contributed by atoms with Crippen molar-refractivity contribution in [3.8, 4) is 0 Å². The summed E-state index contributed by atoms with van der Waals surface area (Å²) in [6, 6.07) is 11.5. The van der Waals surface area contributed by atoms with Crippen molar-refractivity contribution in [1.29, 1.82) is 0 Å². The number of carbonyl (C=O) groups excluding carboxylic acids is 1. The van der Waals surface area contributed by atoms with Crippen LogP contribution < -0.4 is 10.2 Å². The van der Waals surface area contributed by atoms with E-state index in [0.29, 0.717) is 5.69 Å². The van der Waals surface area contributed by atoms with Crippen LogP contribution in [0.15, 0.2) is 48.8 Å². The number of fused-ring (bicyclic) bond motifs is 1. The molecule has 0 bridgehead atoms. The number of hydrogen-bond acceptors (Lipinski definition) is 4. The largest absolute Gasteiger partial charge is 0.344 e. The van der Waals surface area contributed by atoms with E-state index in [2.05, 4.69) is 15.3 Å². The second-order valence-corrected chi connectivity index (χ2v) is 6.59. The van der Waals surface area contributed by atoms with E-state index in [9.17, 15) is 9.18 Å². The maximum Gasteiger partial charge on any atom is 0.247 e. The Morgan fingerprint density at radius 2 is 2.08 bits per heavy atom.